The number of hydrogen-bond donors (Lipinski definition) is 1. The predicted molar refractivity (Wildman–Crippen MR) is 90.2 cm³/mol. The first-order chi connectivity index (χ1) is 11.2. The lowest BCUT2D eigenvalue weighted by atomic mass is 10.0. The van der Waals surface area contributed by atoms with Crippen LogP contribution in [0.3, 0.4) is 0 Å². The van der Waals surface area contributed by atoms with Gasteiger partial charge in [-0.3, -0.25) is 4.90 Å². The van der Waals surface area contributed by atoms with Crippen molar-refractivity contribution in [2.24, 2.45) is 0 Å². The average Bonchev–Trinajstić information content (AvgIpc) is 2.60. The number of aliphatic hydroxyl groups is 1. The van der Waals surface area contributed by atoms with Crippen molar-refractivity contribution in [3.63, 3.8) is 0 Å². The Morgan fingerprint density at radius 2 is 2.13 bits per heavy atom. The summed E-state index contributed by atoms with van der Waals surface area (Å²) in [5.41, 5.74) is 1.00. The van der Waals surface area contributed by atoms with Crippen molar-refractivity contribution in [1.29, 1.82) is 0 Å². The van der Waals surface area contributed by atoms with E-state index in [1.54, 1.807) is 0 Å². The third-order valence-electron chi connectivity index (χ3n) is 4.40. The molecule has 128 valence electrons. The summed E-state index contributed by atoms with van der Waals surface area (Å²) in [6.45, 7) is 5.64. The van der Waals surface area contributed by atoms with Crippen molar-refractivity contribution in [3.05, 3.63) is 35.9 Å². The molecule has 0 aromatic heterocycles. The van der Waals surface area contributed by atoms with Crippen LogP contribution in [0.25, 0.3) is 0 Å². The SMILES string of the molecule is CCN(CCO)C[C@@H]1CCCCN1C(=O)OCc1ccccc1. The minimum Gasteiger partial charge on any atom is -0.445 e. The first-order valence-electron chi connectivity index (χ1n) is 8.55. The van der Waals surface area contributed by atoms with Crippen LogP contribution in [0.5, 0.6) is 0 Å². The Labute approximate surface area is 138 Å². The minimum absolute atomic E-state index is 0.152. The molecular formula is C18H28N2O3. The van der Waals surface area contributed by atoms with Gasteiger partial charge in [-0.05, 0) is 31.4 Å². The Morgan fingerprint density at radius 3 is 2.83 bits per heavy atom. The molecule has 1 atom stereocenters. The van der Waals surface area contributed by atoms with Crippen LogP contribution in [0.15, 0.2) is 30.3 Å². The van der Waals surface area contributed by atoms with E-state index < -0.39 is 0 Å². The van der Waals surface area contributed by atoms with E-state index in [1.165, 1.54) is 0 Å². The van der Waals surface area contributed by atoms with Crippen molar-refractivity contribution >= 4 is 6.09 Å². The molecule has 1 aromatic rings. The lowest BCUT2D eigenvalue weighted by molar-refractivity contribution is 0.0548. The van der Waals surface area contributed by atoms with E-state index in [9.17, 15) is 4.79 Å². The highest BCUT2D eigenvalue weighted by atomic mass is 16.6. The van der Waals surface area contributed by atoms with Crippen LogP contribution >= 0.6 is 0 Å². The molecule has 1 amide bonds. The number of carbonyl (C=O) groups excluding carboxylic acids is 1. The largest absolute Gasteiger partial charge is 0.445 e. The van der Waals surface area contributed by atoms with Gasteiger partial charge in [-0.1, -0.05) is 37.3 Å². The molecular weight excluding hydrogens is 292 g/mol. The van der Waals surface area contributed by atoms with Gasteiger partial charge < -0.3 is 14.7 Å². The fraction of sp³-hybridized carbons (Fsp3) is 0.611. The number of nitrogens with zero attached hydrogens (tertiary/aromatic N) is 2. The standard InChI is InChI=1S/C18H28N2O3/c1-2-19(12-13-21)14-17-10-6-7-11-20(17)18(22)23-15-16-8-4-3-5-9-16/h3-5,8-9,17,21H,2,6-7,10-15H2,1H3/t17-/m0/s1. The van der Waals surface area contributed by atoms with Gasteiger partial charge in [0.15, 0.2) is 0 Å². The highest BCUT2D eigenvalue weighted by molar-refractivity contribution is 5.68. The van der Waals surface area contributed by atoms with Gasteiger partial charge in [-0.25, -0.2) is 4.79 Å². The second-order valence-electron chi connectivity index (χ2n) is 6.00. The third-order valence-corrected chi connectivity index (χ3v) is 4.40. The predicted octanol–water partition coefficient (Wildman–Crippen LogP) is 2.49. The molecule has 5 nitrogen and oxygen atoms in total. The van der Waals surface area contributed by atoms with E-state index in [-0.39, 0.29) is 18.7 Å². The van der Waals surface area contributed by atoms with Gasteiger partial charge in [0.05, 0.1) is 6.61 Å². The second kappa shape index (κ2) is 9.53. The fourth-order valence-corrected chi connectivity index (χ4v) is 3.05. The number of carbonyl (C=O) groups is 1. The molecule has 1 aliphatic rings. The summed E-state index contributed by atoms with van der Waals surface area (Å²) in [5, 5.41) is 9.14. The number of likely N-dealkylation sites (N-methyl/N-ethyl adjacent to an activating group) is 1. The van der Waals surface area contributed by atoms with Crippen LogP contribution in [0.2, 0.25) is 0 Å². The Morgan fingerprint density at radius 1 is 1.35 bits per heavy atom. The van der Waals surface area contributed by atoms with E-state index in [0.29, 0.717) is 13.2 Å². The number of amides is 1. The average molecular weight is 320 g/mol. The molecule has 0 radical (unpaired) electrons. The maximum Gasteiger partial charge on any atom is 0.410 e. The summed E-state index contributed by atoms with van der Waals surface area (Å²) in [7, 11) is 0. The van der Waals surface area contributed by atoms with E-state index in [2.05, 4.69) is 11.8 Å². The van der Waals surface area contributed by atoms with Gasteiger partial charge in [0.2, 0.25) is 0 Å². The molecule has 0 unspecified atom stereocenters. The van der Waals surface area contributed by atoms with Crippen molar-refractivity contribution in [1.82, 2.24) is 9.80 Å². The maximum absolute atomic E-state index is 12.4. The van der Waals surface area contributed by atoms with Crippen LogP contribution < -0.4 is 0 Å². The maximum atomic E-state index is 12.4. The normalized spacial score (nSPS) is 18.2. The zero-order valence-electron chi connectivity index (χ0n) is 14.0. The van der Waals surface area contributed by atoms with Crippen molar-refractivity contribution in [3.8, 4) is 0 Å². The first kappa shape index (κ1) is 17.8. The molecule has 2 rings (SSSR count). The van der Waals surface area contributed by atoms with E-state index in [4.69, 9.17) is 9.84 Å². The highest BCUT2D eigenvalue weighted by Gasteiger charge is 2.29. The third kappa shape index (κ3) is 5.52. The summed E-state index contributed by atoms with van der Waals surface area (Å²) in [5.74, 6) is 0. The molecule has 1 N–H and O–H groups in total. The summed E-state index contributed by atoms with van der Waals surface area (Å²) >= 11 is 0. The summed E-state index contributed by atoms with van der Waals surface area (Å²) in [4.78, 5) is 16.5. The smallest absolute Gasteiger partial charge is 0.410 e. The fourth-order valence-electron chi connectivity index (χ4n) is 3.05. The van der Waals surface area contributed by atoms with E-state index >= 15 is 0 Å². The zero-order chi connectivity index (χ0) is 16.5. The molecule has 1 aromatic carbocycles. The Bertz CT molecular complexity index is 467. The quantitative estimate of drug-likeness (QED) is 0.838. The summed E-state index contributed by atoms with van der Waals surface area (Å²) in [6.07, 6.45) is 2.95. The Balaban J connectivity index is 1.90. The molecule has 0 bridgehead atoms. The van der Waals surface area contributed by atoms with Crippen molar-refractivity contribution in [2.75, 3.05) is 32.8 Å². The number of likely N-dealkylation sites (tertiary alicyclic amines) is 1. The van der Waals surface area contributed by atoms with Crippen LogP contribution in [-0.2, 0) is 11.3 Å². The van der Waals surface area contributed by atoms with Gasteiger partial charge in [-0.15, -0.1) is 0 Å². The van der Waals surface area contributed by atoms with Gasteiger partial charge in [0.25, 0.3) is 0 Å². The zero-order valence-corrected chi connectivity index (χ0v) is 14.0. The molecule has 0 saturated carbocycles. The lowest BCUT2D eigenvalue weighted by Gasteiger charge is -2.37. The van der Waals surface area contributed by atoms with E-state index in [1.807, 2.05) is 35.2 Å². The number of ether oxygens (including phenoxy) is 1. The lowest BCUT2D eigenvalue weighted by Crippen LogP contribution is -2.50. The minimum atomic E-state index is -0.224. The van der Waals surface area contributed by atoms with Gasteiger partial charge >= 0.3 is 6.09 Å². The highest BCUT2D eigenvalue weighted by Crippen LogP contribution is 2.19. The molecule has 23 heavy (non-hydrogen) atoms. The Hall–Kier alpha value is -1.59. The summed E-state index contributed by atoms with van der Waals surface area (Å²) < 4.78 is 5.49. The molecule has 0 aliphatic carbocycles. The van der Waals surface area contributed by atoms with Crippen molar-refractivity contribution < 1.29 is 14.6 Å². The van der Waals surface area contributed by atoms with Crippen LogP contribution in [0, 0.1) is 0 Å². The van der Waals surface area contributed by atoms with E-state index in [0.717, 1.165) is 44.5 Å². The second-order valence-corrected chi connectivity index (χ2v) is 6.00. The van der Waals surface area contributed by atoms with Crippen molar-refractivity contribution in [2.45, 2.75) is 38.8 Å². The van der Waals surface area contributed by atoms with Gasteiger partial charge in [0, 0.05) is 25.7 Å². The summed E-state index contributed by atoms with van der Waals surface area (Å²) in [6, 6.07) is 9.94. The number of aliphatic hydroxyl groups excluding tert-OH is 1. The monoisotopic (exact) mass is 320 g/mol. The Kier molecular flexibility index (Phi) is 7.36. The number of rotatable bonds is 7. The molecule has 1 saturated heterocycles. The molecule has 1 fully saturated rings. The first-order valence-corrected chi connectivity index (χ1v) is 8.55. The van der Waals surface area contributed by atoms with Gasteiger partial charge in [-0.2, -0.15) is 0 Å². The van der Waals surface area contributed by atoms with Crippen LogP contribution in [0.4, 0.5) is 4.79 Å². The number of hydrogen-bond acceptors (Lipinski definition) is 4. The van der Waals surface area contributed by atoms with Crippen LogP contribution in [-0.4, -0.2) is 59.8 Å². The van der Waals surface area contributed by atoms with Gasteiger partial charge in [0.1, 0.15) is 6.61 Å². The molecule has 1 aliphatic heterocycles. The van der Waals surface area contributed by atoms with Crippen LogP contribution in [0.1, 0.15) is 31.7 Å². The molecule has 1 heterocycles. The number of benzene rings is 1. The molecule has 0 spiro atoms. The topological polar surface area (TPSA) is 53.0 Å². The molecule has 5 heteroatoms. The number of piperidine rings is 1.